The van der Waals surface area contributed by atoms with Crippen molar-refractivity contribution >= 4 is 11.6 Å². The summed E-state index contributed by atoms with van der Waals surface area (Å²) in [4.78, 5) is 9.22. The largest absolute Gasteiger partial charge is 0.495 e. The Labute approximate surface area is 157 Å². The van der Waals surface area contributed by atoms with Gasteiger partial charge in [-0.1, -0.05) is 12.1 Å². The minimum absolute atomic E-state index is 0.406. The summed E-state index contributed by atoms with van der Waals surface area (Å²) in [7, 11) is 5.80. The van der Waals surface area contributed by atoms with E-state index in [-0.39, 0.29) is 0 Å². The Morgan fingerprint density at radius 1 is 1.19 bits per heavy atom. The van der Waals surface area contributed by atoms with Crippen molar-refractivity contribution in [2.24, 2.45) is 10.9 Å². The summed E-state index contributed by atoms with van der Waals surface area (Å²) >= 11 is 0. The molecule has 0 bridgehead atoms. The van der Waals surface area contributed by atoms with Crippen LogP contribution in [0.5, 0.6) is 5.75 Å². The van der Waals surface area contributed by atoms with Crippen LogP contribution in [0.4, 0.5) is 5.69 Å². The molecule has 3 rings (SSSR count). The highest BCUT2D eigenvalue weighted by Crippen LogP contribution is 2.30. The summed E-state index contributed by atoms with van der Waals surface area (Å²) in [6.07, 6.45) is 3.64. The number of benzene rings is 1. The first-order valence-electron chi connectivity index (χ1n) is 9.73. The highest BCUT2D eigenvalue weighted by atomic mass is 16.5. The second-order valence-electron chi connectivity index (χ2n) is 7.45. The number of nitrogens with zero attached hydrogens (tertiary/aromatic N) is 3. The summed E-state index contributed by atoms with van der Waals surface area (Å²) in [6.45, 7) is 5.42. The number of nitrogens with one attached hydrogen (secondary N) is 2. The van der Waals surface area contributed by atoms with Crippen LogP contribution in [-0.4, -0.2) is 70.8 Å². The molecule has 2 fully saturated rings. The molecule has 1 atom stereocenters. The summed E-state index contributed by atoms with van der Waals surface area (Å²) in [5.41, 5.74) is 1.17. The highest BCUT2D eigenvalue weighted by Gasteiger charge is 2.25. The smallest absolute Gasteiger partial charge is 0.191 e. The maximum atomic E-state index is 5.51. The molecule has 6 heteroatoms. The maximum Gasteiger partial charge on any atom is 0.191 e. The fourth-order valence-electron chi connectivity index (χ4n) is 3.88. The fourth-order valence-corrected chi connectivity index (χ4v) is 3.88. The molecule has 0 aromatic heterocycles. The zero-order valence-corrected chi connectivity index (χ0v) is 16.4. The maximum absolute atomic E-state index is 5.51. The van der Waals surface area contributed by atoms with Crippen LogP contribution < -0.4 is 20.3 Å². The van der Waals surface area contributed by atoms with Gasteiger partial charge in [0.1, 0.15) is 5.75 Å². The topological polar surface area (TPSA) is 52.1 Å². The predicted molar refractivity (Wildman–Crippen MR) is 108 cm³/mol. The number of guanidine groups is 1. The zero-order valence-electron chi connectivity index (χ0n) is 16.4. The number of anilines is 1. The minimum Gasteiger partial charge on any atom is -0.495 e. The number of hydrogen-bond acceptors (Lipinski definition) is 4. The monoisotopic (exact) mass is 359 g/mol. The quantitative estimate of drug-likeness (QED) is 0.620. The van der Waals surface area contributed by atoms with Crippen molar-refractivity contribution in [2.45, 2.75) is 25.3 Å². The molecule has 2 N–H and O–H groups in total. The minimum atomic E-state index is 0.406. The van der Waals surface area contributed by atoms with E-state index in [1.807, 2.05) is 19.2 Å². The number of ether oxygens (including phenoxy) is 1. The average molecular weight is 360 g/mol. The Morgan fingerprint density at radius 3 is 2.69 bits per heavy atom. The van der Waals surface area contributed by atoms with Gasteiger partial charge in [-0.2, -0.15) is 0 Å². The lowest BCUT2D eigenvalue weighted by Crippen LogP contribution is -2.46. The van der Waals surface area contributed by atoms with Gasteiger partial charge in [0.15, 0.2) is 5.96 Å². The lowest BCUT2D eigenvalue weighted by Gasteiger charge is -2.29. The lowest BCUT2D eigenvalue weighted by molar-refractivity contribution is 0.220. The molecular weight excluding hydrogens is 326 g/mol. The van der Waals surface area contributed by atoms with Crippen LogP contribution in [0.3, 0.4) is 0 Å². The van der Waals surface area contributed by atoms with Crippen molar-refractivity contribution in [1.29, 1.82) is 0 Å². The Bertz CT molecular complexity index is 598. The number of aliphatic imine (C=N–C) groups is 1. The normalized spacial score (nSPS) is 22.5. The predicted octanol–water partition coefficient (Wildman–Crippen LogP) is 1.78. The molecular formula is C20H33N5O. The van der Waals surface area contributed by atoms with E-state index in [9.17, 15) is 0 Å². The van der Waals surface area contributed by atoms with Gasteiger partial charge in [-0.05, 0) is 57.5 Å². The molecule has 1 aromatic carbocycles. The molecule has 6 nitrogen and oxygen atoms in total. The van der Waals surface area contributed by atoms with Crippen LogP contribution in [0.25, 0.3) is 0 Å². The summed E-state index contributed by atoms with van der Waals surface area (Å²) in [5.74, 6) is 2.62. The fraction of sp³-hybridized carbons (Fsp3) is 0.650. The van der Waals surface area contributed by atoms with E-state index in [1.54, 1.807) is 7.11 Å². The van der Waals surface area contributed by atoms with Gasteiger partial charge in [0, 0.05) is 32.7 Å². The second kappa shape index (κ2) is 9.12. The molecule has 2 saturated heterocycles. The van der Waals surface area contributed by atoms with E-state index >= 15 is 0 Å². The van der Waals surface area contributed by atoms with Crippen LogP contribution >= 0.6 is 0 Å². The van der Waals surface area contributed by atoms with Gasteiger partial charge in [0.25, 0.3) is 0 Å². The van der Waals surface area contributed by atoms with Gasteiger partial charge in [-0.15, -0.1) is 0 Å². The first-order chi connectivity index (χ1) is 12.7. The molecule has 2 aliphatic rings. The molecule has 2 aliphatic heterocycles. The number of likely N-dealkylation sites (tertiary alicyclic amines) is 1. The van der Waals surface area contributed by atoms with Crippen molar-refractivity contribution in [3.8, 4) is 5.75 Å². The van der Waals surface area contributed by atoms with Gasteiger partial charge in [0.05, 0.1) is 12.8 Å². The molecule has 0 radical (unpaired) electrons. The van der Waals surface area contributed by atoms with E-state index in [0.29, 0.717) is 6.04 Å². The SMILES string of the molecule is CN=C(NCC1CCN(C)CC1)NC1CCN(c2ccccc2OC)C1. The van der Waals surface area contributed by atoms with E-state index in [2.05, 4.69) is 44.6 Å². The van der Waals surface area contributed by atoms with Gasteiger partial charge >= 0.3 is 0 Å². The number of piperidine rings is 1. The molecule has 1 unspecified atom stereocenters. The highest BCUT2D eigenvalue weighted by molar-refractivity contribution is 5.80. The lowest BCUT2D eigenvalue weighted by atomic mass is 9.97. The summed E-state index contributed by atoms with van der Waals surface area (Å²) in [5, 5.41) is 7.13. The molecule has 2 heterocycles. The third-order valence-corrected chi connectivity index (χ3v) is 5.57. The van der Waals surface area contributed by atoms with Gasteiger partial charge in [-0.3, -0.25) is 4.99 Å². The number of rotatable bonds is 5. The van der Waals surface area contributed by atoms with Gasteiger partial charge < -0.3 is 25.2 Å². The molecule has 0 saturated carbocycles. The molecule has 26 heavy (non-hydrogen) atoms. The van der Waals surface area contributed by atoms with Crippen molar-refractivity contribution in [3.05, 3.63) is 24.3 Å². The Balaban J connectivity index is 1.47. The third-order valence-electron chi connectivity index (χ3n) is 5.57. The zero-order chi connectivity index (χ0) is 18.4. The molecule has 144 valence electrons. The van der Waals surface area contributed by atoms with Crippen LogP contribution in [0.15, 0.2) is 29.3 Å². The van der Waals surface area contributed by atoms with E-state index in [4.69, 9.17) is 4.74 Å². The van der Waals surface area contributed by atoms with E-state index in [0.717, 1.165) is 43.7 Å². The Kier molecular flexibility index (Phi) is 6.61. The number of para-hydroxylation sites is 2. The van der Waals surface area contributed by atoms with Crippen molar-refractivity contribution in [2.75, 3.05) is 58.8 Å². The first-order valence-corrected chi connectivity index (χ1v) is 9.73. The third kappa shape index (κ3) is 4.81. The molecule has 0 aliphatic carbocycles. The van der Waals surface area contributed by atoms with E-state index in [1.165, 1.54) is 31.6 Å². The number of hydrogen-bond donors (Lipinski definition) is 2. The first kappa shape index (κ1) is 18.8. The van der Waals surface area contributed by atoms with Crippen LogP contribution in [0, 0.1) is 5.92 Å². The van der Waals surface area contributed by atoms with Gasteiger partial charge in [0.2, 0.25) is 0 Å². The molecule has 0 spiro atoms. The Morgan fingerprint density at radius 2 is 1.96 bits per heavy atom. The van der Waals surface area contributed by atoms with E-state index < -0.39 is 0 Å². The average Bonchev–Trinajstić information content (AvgIpc) is 3.14. The molecule has 1 aromatic rings. The van der Waals surface area contributed by atoms with Crippen molar-refractivity contribution in [1.82, 2.24) is 15.5 Å². The van der Waals surface area contributed by atoms with Crippen LogP contribution in [0.1, 0.15) is 19.3 Å². The summed E-state index contributed by atoms with van der Waals surface area (Å²) in [6, 6.07) is 8.65. The van der Waals surface area contributed by atoms with Crippen molar-refractivity contribution < 1.29 is 4.74 Å². The number of methoxy groups -OCH3 is 1. The Hall–Kier alpha value is -1.95. The van der Waals surface area contributed by atoms with Crippen molar-refractivity contribution in [3.63, 3.8) is 0 Å². The van der Waals surface area contributed by atoms with Crippen LogP contribution in [0.2, 0.25) is 0 Å². The molecule has 0 amide bonds. The van der Waals surface area contributed by atoms with Gasteiger partial charge in [-0.25, -0.2) is 0 Å². The second-order valence-corrected chi connectivity index (χ2v) is 7.45. The standard InChI is InChI=1S/C20H33N5O/c1-21-20(22-14-16-8-11-24(2)12-9-16)23-17-10-13-25(15-17)18-6-4-5-7-19(18)26-3/h4-7,16-17H,8-15H2,1-3H3,(H2,21,22,23). The summed E-state index contributed by atoms with van der Waals surface area (Å²) < 4.78 is 5.51. The van der Waals surface area contributed by atoms with Crippen LogP contribution in [-0.2, 0) is 0 Å².